The Morgan fingerprint density at radius 2 is 2.08 bits per heavy atom. The van der Waals surface area contributed by atoms with Crippen LogP contribution in [0.15, 0.2) is 32.3 Å². The first-order valence-electron chi connectivity index (χ1n) is 8.29. The first-order chi connectivity index (χ1) is 11.7. The number of aliphatic imine (C=N–C) groups is 1. The highest BCUT2D eigenvalue weighted by molar-refractivity contribution is 5.80. The Hall–Kier alpha value is -2.28. The van der Waals surface area contributed by atoms with Crippen molar-refractivity contribution in [2.45, 2.75) is 26.9 Å². The molecule has 0 aromatic carbocycles. The molecule has 0 bridgehead atoms. The number of piperazine rings is 1. The van der Waals surface area contributed by atoms with E-state index in [2.05, 4.69) is 31.3 Å². The van der Waals surface area contributed by atoms with Crippen LogP contribution in [-0.4, -0.2) is 54.1 Å². The van der Waals surface area contributed by atoms with Crippen molar-refractivity contribution in [3.05, 3.63) is 41.2 Å². The first-order valence-corrected chi connectivity index (χ1v) is 8.29. The zero-order valence-electron chi connectivity index (χ0n) is 14.6. The number of rotatable bonds is 4. The molecule has 7 nitrogen and oxygen atoms in total. The van der Waals surface area contributed by atoms with Gasteiger partial charge >= 0.3 is 0 Å². The van der Waals surface area contributed by atoms with Gasteiger partial charge in [-0.05, 0) is 19.9 Å². The second-order valence-corrected chi connectivity index (χ2v) is 6.09. The van der Waals surface area contributed by atoms with E-state index in [9.17, 15) is 0 Å². The van der Waals surface area contributed by atoms with Gasteiger partial charge in [-0.25, -0.2) is 0 Å². The summed E-state index contributed by atoms with van der Waals surface area (Å²) in [6, 6.07) is 3.99. The Morgan fingerprint density at radius 1 is 1.29 bits per heavy atom. The lowest BCUT2D eigenvalue weighted by Gasteiger charge is -2.36. The molecule has 0 atom stereocenters. The van der Waals surface area contributed by atoms with Gasteiger partial charge in [-0.3, -0.25) is 9.89 Å². The topological polar surface area (TPSA) is 70.0 Å². The van der Waals surface area contributed by atoms with Crippen molar-refractivity contribution in [3.63, 3.8) is 0 Å². The quantitative estimate of drug-likeness (QED) is 0.680. The average molecular weight is 331 g/mol. The maximum atomic E-state index is 5.58. The Kier molecular flexibility index (Phi) is 5.20. The molecular formula is C17H25N5O2. The lowest BCUT2D eigenvalue weighted by molar-refractivity contribution is 0.169. The predicted molar refractivity (Wildman–Crippen MR) is 91.7 cm³/mol. The second kappa shape index (κ2) is 7.53. The average Bonchev–Trinajstić information content (AvgIpc) is 3.19. The molecule has 24 heavy (non-hydrogen) atoms. The van der Waals surface area contributed by atoms with Gasteiger partial charge in [0.25, 0.3) is 0 Å². The molecule has 3 rings (SSSR count). The van der Waals surface area contributed by atoms with Crippen LogP contribution in [0.25, 0.3) is 0 Å². The Bertz CT molecular complexity index is 669. The van der Waals surface area contributed by atoms with E-state index in [0.717, 1.165) is 62.4 Å². The summed E-state index contributed by atoms with van der Waals surface area (Å²) in [4.78, 5) is 9.09. The minimum absolute atomic E-state index is 0.731. The van der Waals surface area contributed by atoms with Crippen LogP contribution < -0.4 is 5.32 Å². The van der Waals surface area contributed by atoms with Gasteiger partial charge < -0.3 is 19.2 Å². The molecule has 1 fully saturated rings. The monoisotopic (exact) mass is 331 g/mol. The lowest BCUT2D eigenvalue weighted by atomic mass is 10.2. The molecule has 3 heterocycles. The van der Waals surface area contributed by atoms with E-state index in [4.69, 9.17) is 8.94 Å². The number of nitrogens with zero attached hydrogens (tertiary/aromatic N) is 4. The molecule has 2 aromatic rings. The fraction of sp³-hybridized carbons (Fsp3) is 0.529. The summed E-state index contributed by atoms with van der Waals surface area (Å²) in [6.45, 7) is 9.39. The lowest BCUT2D eigenvalue weighted by Crippen LogP contribution is -2.52. The van der Waals surface area contributed by atoms with E-state index < -0.39 is 0 Å². The van der Waals surface area contributed by atoms with Crippen molar-refractivity contribution in [1.29, 1.82) is 0 Å². The summed E-state index contributed by atoms with van der Waals surface area (Å²) in [5.41, 5.74) is 2.16. The van der Waals surface area contributed by atoms with Crippen molar-refractivity contribution >= 4 is 5.96 Å². The highest BCUT2D eigenvalue weighted by atomic mass is 16.5. The van der Waals surface area contributed by atoms with Gasteiger partial charge in [0.1, 0.15) is 17.8 Å². The Labute approximate surface area is 142 Å². The molecule has 0 unspecified atom stereocenters. The molecular weight excluding hydrogens is 306 g/mol. The summed E-state index contributed by atoms with van der Waals surface area (Å²) in [5, 5.41) is 7.42. The number of nitrogens with one attached hydrogen (secondary N) is 1. The third-order valence-electron chi connectivity index (χ3n) is 4.34. The Balaban J connectivity index is 1.49. The molecule has 0 spiro atoms. The van der Waals surface area contributed by atoms with Gasteiger partial charge in [-0.1, -0.05) is 5.16 Å². The SMILES string of the molecule is CN=C(NCc1cc(C)oc1C)N1CCN(Cc2ccon2)CC1. The van der Waals surface area contributed by atoms with E-state index in [1.165, 1.54) is 5.56 Å². The smallest absolute Gasteiger partial charge is 0.194 e. The zero-order chi connectivity index (χ0) is 16.9. The predicted octanol–water partition coefficient (Wildman–Crippen LogP) is 1.78. The van der Waals surface area contributed by atoms with E-state index >= 15 is 0 Å². The highest BCUT2D eigenvalue weighted by Crippen LogP contribution is 2.13. The van der Waals surface area contributed by atoms with Crippen LogP contribution in [0.2, 0.25) is 0 Å². The molecule has 1 N–H and O–H groups in total. The normalized spacial score (nSPS) is 16.6. The van der Waals surface area contributed by atoms with Gasteiger partial charge in [0.2, 0.25) is 0 Å². The minimum atomic E-state index is 0.731. The molecule has 1 aliphatic heterocycles. The number of guanidine groups is 1. The maximum Gasteiger partial charge on any atom is 0.194 e. The fourth-order valence-corrected chi connectivity index (χ4v) is 3.03. The summed E-state index contributed by atoms with van der Waals surface area (Å²) < 4.78 is 10.5. The largest absolute Gasteiger partial charge is 0.466 e. The van der Waals surface area contributed by atoms with Gasteiger partial charge in [0.05, 0.1) is 5.69 Å². The zero-order valence-corrected chi connectivity index (χ0v) is 14.6. The Morgan fingerprint density at radius 3 is 2.67 bits per heavy atom. The van der Waals surface area contributed by atoms with Crippen molar-refractivity contribution in [2.24, 2.45) is 4.99 Å². The van der Waals surface area contributed by atoms with Crippen LogP contribution in [0.4, 0.5) is 0 Å². The summed E-state index contributed by atoms with van der Waals surface area (Å²) in [5.74, 6) is 2.85. The maximum absolute atomic E-state index is 5.58. The number of aryl methyl sites for hydroxylation is 2. The third kappa shape index (κ3) is 3.97. The molecule has 0 amide bonds. The van der Waals surface area contributed by atoms with Crippen molar-refractivity contribution in [2.75, 3.05) is 33.2 Å². The molecule has 130 valence electrons. The molecule has 0 saturated carbocycles. The molecule has 2 aromatic heterocycles. The van der Waals surface area contributed by atoms with Crippen molar-refractivity contribution < 1.29 is 8.94 Å². The summed E-state index contributed by atoms with van der Waals surface area (Å²) >= 11 is 0. The van der Waals surface area contributed by atoms with Crippen LogP contribution in [-0.2, 0) is 13.1 Å². The third-order valence-corrected chi connectivity index (χ3v) is 4.34. The van der Waals surface area contributed by atoms with Crippen molar-refractivity contribution in [1.82, 2.24) is 20.3 Å². The van der Waals surface area contributed by atoms with Crippen molar-refractivity contribution in [3.8, 4) is 0 Å². The van der Waals surface area contributed by atoms with Crippen LogP contribution in [0, 0.1) is 13.8 Å². The standard InChI is InChI=1S/C17H25N5O2/c1-13-10-15(14(2)24-13)11-19-17(18-3)22-7-5-21(6-8-22)12-16-4-9-23-20-16/h4,9-10H,5-8,11-12H2,1-3H3,(H,18,19). The number of hydrogen-bond donors (Lipinski definition) is 1. The van der Waals surface area contributed by atoms with E-state index in [0.29, 0.717) is 0 Å². The molecule has 7 heteroatoms. The number of aromatic nitrogens is 1. The van der Waals surface area contributed by atoms with Crippen LogP contribution >= 0.6 is 0 Å². The molecule has 0 radical (unpaired) electrons. The second-order valence-electron chi connectivity index (χ2n) is 6.09. The molecule has 1 aliphatic rings. The summed E-state index contributed by atoms with van der Waals surface area (Å²) in [6.07, 6.45) is 1.62. The first kappa shape index (κ1) is 16.6. The number of hydrogen-bond acceptors (Lipinski definition) is 5. The van der Waals surface area contributed by atoms with Gasteiger partial charge in [-0.15, -0.1) is 0 Å². The van der Waals surface area contributed by atoms with E-state index in [1.807, 2.05) is 27.0 Å². The van der Waals surface area contributed by atoms with Gasteiger partial charge in [-0.2, -0.15) is 0 Å². The number of furan rings is 1. The van der Waals surface area contributed by atoms with Crippen LogP contribution in [0.3, 0.4) is 0 Å². The van der Waals surface area contributed by atoms with Crippen LogP contribution in [0.1, 0.15) is 22.8 Å². The van der Waals surface area contributed by atoms with Gasteiger partial charge in [0, 0.05) is 57.9 Å². The molecule has 0 aliphatic carbocycles. The highest BCUT2D eigenvalue weighted by Gasteiger charge is 2.20. The summed E-state index contributed by atoms with van der Waals surface area (Å²) in [7, 11) is 1.83. The van der Waals surface area contributed by atoms with Crippen LogP contribution in [0.5, 0.6) is 0 Å². The molecule has 1 saturated heterocycles. The van der Waals surface area contributed by atoms with Gasteiger partial charge in [0.15, 0.2) is 5.96 Å². The minimum Gasteiger partial charge on any atom is -0.466 e. The fourth-order valence-electron chi connectivity index (χ4n) is 3.03. The van der Waals surface area contributed by atoms with E-state index in [-0.39, 0.29) is 0 Å². The van der Waals surface area contributed by atoms with E-state index in [1.54, 1.807) is 6.26 Å².